The van der Waals surface area contributed by atoms with Crippen LogP contribution in [0.3, 0.4) is 0 Å². The fourth-order valence-corrected chi connectivity index (χ4v) is 3.93. The molecule has 3 aliphatic rings. The zero-order chi connectivity index (χ0) is 21.8. The van der Waals surface area contributed by atoms with Crippen molar-refractivity contribution in [2.45, 2.75) is 6.54 Å². The summed E-state index contributed by atoms with van der Waals surface area (Å²) in [5.74, 6) is 3.72. The van der Waals surface area contributed by atoms with E-state index < -0.39 is 0 Å². The van der Waals surface area contributed by atoms with Crippen LogP contribution in [0.5, 0.6) is 11.5 Å². The lowest BCUT2D eigenvalue weighted by Gasteiger charge is -2.31. The van der Waals surface area contributed by atoms with Crippen molar-refractivity contribution in [2.24, 2.45) is 0 Å². The normalized spacial score (nSPS) is 17.9. The second-order valence-corrected chi connectivity index (χ2v) is 8.01. The number of hydrogen-bond donors (Lipinski definition) is 2. The van der Waals surface area contributed by atoms with E-state index in [-0.39, 0.29) is 6.79 Å². The Labute approximate surface area is 191 Å². The van der Waals surface area contributed by atoms with Crippen molar-refractivity contribution in [1.29, 1.82) is 0 Å². The number of rotatable bonds is 5. The Hall–Kier alpha value is -2.89. The molecule has 10 nitrogen and oxygen atoms in total. The number of ether oxygens (including phenoxy) is 4. The lowest BCUT2D eigenvalue weighted by molar-refractivity contribution is 0.122. The number of benzene rings is 1. The number of nitrogens with one attached hydrogen (secondary N) is 2. The molecule has 2 saturated heterocycles. The average Bonchev–Trinajstić information content (AvgIpc) is 3.32. The Morgan fingerprint density at radius 2 is 1.50 bits per heavy atom. The molecule has 1 aromatic heterocycles. The van der Waals surface area contributed by atoms with E-state index in [9.17, 15) is 0 Å². The molecule has 0 radical (unpaired) electrons. The van der Waals surface area contributed by atoms with E-state index >= 15 is 0 Å². The SMILES string of the molecule is S=C(NCc1ccc2c(c1)OCO2)Nc1nc(N2CCOCC2)cc(N2CCOCC2)n1. The number of fused-ring (bicyclic) bond motifs is 1. The van der Waals surface area contributed by atoms with Crippen molar-refractivity contribution in [1.82, 2.24) is 15.3 Å². The van der Waals surface area contributed by atoms with E-state index in [0.29, 0.717) is 44.0 Å². The van der Waals surface area contributed by atoms with E-state index in [4.69, 9.17) is 41.1 Å². The maximum atomic E-state index is 5.51. The molecule has 2 N–H and O–H groups in total. The van der Waals surface area contributed by atoms with Crippen molar-refractivity contribution >= 4 is 34.9 Å². The van der Waals surface area contributed by atoms with Gasteiger partial charge >= 0.3 is 0 Å². The first kappa shape index (κ1) is 21.0. The molecule has 0 aliphatic carbocycles. The van der Waals surface area contributed by atoms with Crippen LogP contribution in [0.2, 0.25) is 0 Å². The molecular weight excluding hydrogens is 432 g/mol. The Kier molecular flexibility index (Phi) is 6.37. The van der Waals surface area contributed by atoms with E-state index in [2.05, 4.69) is 20.4 Å². The lowest BCUT2D eigenvalue weighted by atomic mass is 10.2. The smallest absolute Gasteiger partial charge is 0.232 e. The van der Waals surface area contributed by atoms with Gasteiger partial charge in [-0.05, 0) is 29.9 Å². The minimum absolute atomic E-state index is 0.258. The summed E-state index contributed by atoms with van der Waals surface area (Å²) in [7, 11) is 0. The quantitative estimate of drug-likeness (QED) is 0.636. The van der Waals surface area contributed by atoms with E-state index in [1.807, 2.05) is 24.3 Å². The molecule has 0 bridgehead atoms. The van der Waals surface area contributed by atoms with Crippen LogP contribution in [0, 0.1) is 0 Å². The predicted molar refractivity (Wildman–Crippen MR) is 124 cm³/mol. The minimum atomic E-state index is 0.258. The lowest BCUT2D eigenvalue weighted by Crippen LogP contribution is -2.39. The molecule has 4 heterocycles. The van der Waals surface area contributed by atoms with Gasteiger partial charge in [-0.2, -0.15) is 9.97 Å². The maximum absolute atomic E-state index is 5.51. The Morgan fingerprint density at radius 1 is 0.875 bits per heavy atom. The number of morpholine rings is 2. The molecule has 2 fully saturated rings. The summed E-state index contributed by atoms with van der Waals surface area (Å²) >= 11 is 5.51. The fourth-order valence-electron chi connectivity index (χ4n) is 3.77. The first-order valence-electron chi connectivity index (χ1n) is 10.7. The molecular formula is C21H26N6O4S. The van der Waals surface area contributed by atoms with Crippen LogP contribution < -0.4 is 29.9 Å². The molecule has 0 unspecified atom stereocenters. The molecule has 2 aromatic rings. The number of hydrogen-bond acceptors (Lipinski definition) is 9. The summed E-state index contributed by atoms with van der Waals surface area (Å²) in [6.07, 6.45) is 0. The highest BCUT2D eigenvalue weighted by Crippen LogP contribution is 2.32. The largest absolute Gasteiger partial charge is 0.454 e. The summed E-state index contributed by atoms with van der Waals surface area (Å²) in [6, 6.07) is 7.86. The van der Waals surface area contributed by atoms with Gasteiger partial charge < -0.3 is 39.4 Å². The second kappa shape index (κ2) is 9.72. The van der Waals surface area contributed by atoms with Crippen LogP contribution in [0.25, 0.3) is 0 Å². The van der Waals surface area contributed by atoms with Crippen LogP contribution >= 0.6 is 12.2 Å². The topological polar surface area (TPSA) is 93.2 Å². The van der Waals surface area contributed by atoms with Gasteiger partial charge in [0.1, 0.15) is 11.6 Å². The zero-order valence-corrected chi connectivity index (χ0v) is 18.5. The summed E-state index contributed by atoms with van der Waals surface area (Å²) < 4.78 is 21.8. The average molecular weight is 459 g/mol. The third-order valence-corrected chi connectivity index (χ3v) is 5.73. The van der Waals surface area contributed by atoms with Crippen LogP contribution in [-0.2, 0) is 16.0 Å². The maximum Gasteiger partial charge on any atom is 0.232 e. The van der Waals surface area contributed by atoms with Gasteiger partial charge in [0, 0.05) is 38.8 Å². The predicted octanol–water partition coefficient (Wildman–Crippen LogP) is 1.37. The molecule has 0 saturated carbocycles. The highest BCUT2D eigenvalue weighted by molar-refractivity contribution is 7.80. The Bertz CT molecular complexity index is 929. The molecule has 0 atom stereocenters. The van der Waals surface area contributed by atoms with Gasteiger partial charge in [0.2, 0.25) is 12.7 Å². The Balaban J connectivity index is 1.28. The van der Waals surface area contributed by atoms with Crippen LogP contribution in [0.1, 0.15) is 5.56 Å². The molecule has 1 aromatic carbocycles. The third-order valence-electron chi connectivity index (χ3n) is 5.48. The molecule has 0 spiro atoms. The van der Waals surface area contributed by atoms with E-state index in [1.54, 1.807) is 0 Å². The Morgan fingerprint density at radius 3 is 2.16 bits per heavy atom. The number of aromatic nitrogens is 2. The number of thiocarbonyl (C=S) groups is 1. The molecule has 3 aliphatic heterocycles. The summed E-state index contributed by atoms with van der Waals surface area (Å²) in [6.45, 7) is 6.75. The van der Waals surface area contributed by atoms with Crippen LogP contribution in [0.4, 0.5) is 17.6 Å². The van der Waals surface area contributed by atoms with Gasteiger partial charge in [-0.15, -0.1) is 0 Å². The zero-order valence-electron chi connectivity index (χ0n) is 17.7. The van der Waals surface area contributed by atoms with Gasteiger partial charge in [-0.3, -0.25) is 0 Å². The van der Waals surface area contributed by atoms with Crippen LogP contribution in [0.15, 0.2) is 24.3 Å². The van der Waals surface area contributed by atoms with Gasteiger partial charge in [-0.25, -0.2) is 0 Å². The summed E-state index contributed by atoms with van der Waals surface area (Å²) in [5.41, 5.74) is 1.04. The summed E-state index contributed by atoms with van der Waals surface area (Å²) in [5, 5.41) is 6.82. The third kappa shape index (κ3) is 4.95. The van der Waals surface area contributed by atoms with Gasteiger partial charge in [0.15, 0.2) is 16.6 Å². The highest BCUT2D eigenvalue weighted by Gasteiger charge is 2.20. The first-order chi connectivity index (χ1) is 15.7. The fraction of sp³-hybridized carbons (Fsp3) is 0.476. The van der Waals surface area contributed by atoms with Gasteiger partial charge in [-0.1, -0.05) is 6.07 Å². The monoisotopic (exact) mass is 458 g/mol. The molecule has 0 amide bonds. The first-order valence-corrected chi connectivity index (χ1v) is 11.1. The summed E-state index contributed by atoms with van der Waals surface area (Å²) in [4.78, 5) is 13.9. The highest BCUT2D eigenvalue weighted by atomic mass is 32.1. The number of nitrogens with zero attached hydrogens (tertiary/aromatic N) is 4. The minimum Gasteiger partial charge on any atom is -0.454 e. The van der Waals surface area contributed by atoms with Crippen molar-refractivity contribution in [3.05, 3.63) is 29.8 Å². The standard InChI is InChI=1S/C21H26N6O4S/c32-21(22-13-15-1-2-16-17(11-15)31-14-30-16)25-20-23-18(26-3-7-28-8-4-26)12-19(24-20)27-5-9-29-10-6-27/h1-2,11-12H,3-10,13-14H2,(H2,22,23,24,25,32). The van der Waals surface area contributed by atoms with Crippen molar-refractivity contribution in [3.8, 4) is 11.5 Å². The second-order valence-electron chi connectivity index (χ2n) is 7.60. The van der Waals surface area contributed by atoms with E-state index in [0.717, 1.165) is 54.9 Å². The molecule has 5 rings (SSSR count). The van der Waals surface area contributed by atoms with Crippen LogP contribution in [-0.4, -0.2) is 74.5 Å². The number of anilines is 3. The van der Waals surface area contributed by atoms with E-state index in [1.165, 1.54) is 0 Å². The van der Waals surface area contributed by atoms with Gasteiger partial charge in [0.05, 0.1) is 26.4 Å². The molecule has 32 heavy (non-hydrogen) atoms. The van der Waals surface area contributed by atoms with Gasteiger partial charge in [0.25, 0.3) is 0 Å². The van der Waals surface area contributed by atoms with Crippen molar-refractivity contribution in [3.63, 3.8) is 0 Å². The molecule has 11 heteroatoms. The molecule has 170 valence electrons. The van der Waals surface area contributed by atoms with Crippen molar-refractivity contribution < 1.29 is 18.9 Å². The van der Waals surface area contributed by atoms with Crippen molar-refractivity contribution in [2.75, 3.05) is 74.5 Å².